The third kappa shape index (κ3) is 4.78. The van der Waals surface area contributed by atoms with Crippen LogP contribution in [0.2, 0.25) is 5.02 Å². The zero-order valence-corrected chi connectivity index (χ0v) is 13.5. The summed E-state index contributed by atoms with van der Waals surface area (Å²) in [6.45, 7) is 4.26. The lowest BCUT2D eigenvalue weighted by molar-refractivity contribution is -0.142. The van der Waals surface area contributed by atoms with E-state index in [1.54, 1.807) is 0 Å². The van der Waals surface area contributed by atoms with Crippen molar-refractivity contribution in [1.29, 1.82) is 0 Å². The van der Waals surface area contributed by atoms with Crippen LogP contribution in [0.5, 0.6) is 5.75 Å². The molecule has 0 heterocycles. The summed E-state index contributed by atoms with van der Waals surface area (Å²) in [5.41, 5.74) is 3.09. The van der Waals surface area contributed by atoms with E-state index in [1.807, 2.05) is 49.4 Å². The fourth-order valence-corrected chi connectivity index (χ4v) is 2.37. The number of carbonyl (C=O) groups is 1. The SMILES string of the molecule is CCOc1ccc(Cc2ccc(COC(C)=O)cc2Cl)cc1. The lowest BCUT2D eigenvalue weighted by Crippen LogP contribution is -1.99. The van der Waals surface area contributed by atoms with Gasteiger partial charge < -0.3 is 9.47 Å². The van der Waals surface area contributed by atoms with Crippen molar-refractivity contribution < 1.29 is 14.3 Å². The summed E-state index contributed by atoms with van der Waals surface area (Å²) in [5.74, 6) is 0.573. The molecular weight excluding hydrogens is 300 g/mol. The highest BCUT2D eigenvalue weighted by molar-refractivity contribution is 6.31. The molecule has 3 nitrogen and oxygen atoms in total. The van der Waals surface area contributed by atoms with Crippen LogP contribution >= 0.6 is 11.6 Å². The molecule has 2 aromatic carbocycles. The third-order valence-corrected chi connectivity index (χ3v) is 3.54. The van der Waals surface area contributed by atoms with Crippen LogP contribution in [-0.2, 0) is 22.6 Å². The van der Waals surface area contributed by atoms with Crippen LogP contribution in [0, 0.1) is 0 Å². The highest BCUT2D eigenvalue weighted by atomic mass is 35.5. The molecule has 4 heteroatoms. The molecule has 0 fully saturated rings. The first kappa shape index (κ1) is 16.4. The first-order valence-corrected chi connectivity index (χ1v) is 7.58. The summed E-state index contributed by atoms with van der Waals surface area (Å²) in [6.07, 6.45) is 0.749. The first-order chi connectivity index (χ1) is 10.6. The van der Waals surface area contributed by atoms with E-state index in [9.17, 15) is 4.79 Å². The zero-order valence-electron chi connectivity index (χ0n) is 12.8. The minimum absolute atomic E-state index is 0.248. The summed E-state index contributed by atoms with van der Waals surface area (Å²) in [5, 5.41) is 0.679. The van der Waals surface area contributed by atoms with Crippen LogP contribution in [0.4, 0.5) is 0 Å². The Labute approximate surface area is 135 Å². The van der Waals surface area contributed by atoms with Crippen LogP contribution in [0.3, 0.4) is 0 Å². The number of ether oxygens (including phenoxy) is 2. The molecule has 0 aliphatic heterocycles. The van der Waals surface area contributed by atoms with Gasteiger partial charge in [-0.15, -0.1) is 0 Å². The fraction of sp³-hybridized carbons (Fsp3) is 0.278. The summed E-state index contributed by atoms with van der Waals surface area (Å²) in [6, 6.07) is 13.7. The second kappa shape index (κ2) is 7.85. The van der Waals surface area contributed by atoms with Crippen molar-refractivity contribution in [2.75, 3.05) is 6.61 Å². The van der Waals surface area contributed by atoms with Crippen LogP contribution < -0.4 is 4.74 Å². The molecule has 0 bridgehead atoms. The van der Waals surface area contributed by atoms with Gasteiger partial charge in [-0.05, 0) is 48.2 Å². The lowest BCUT2D eigenvalue weighted by atomic mass is 10.0. The van der Waals surface area contributed by atoms with Crippen molar-refractivity contribution in [3.63, 3.8) is 0 Å². The van der Waals surface area contributed by atoms with Gasteiger partial charge in [-0.1, -0.05) is 35.9 Å². The number of hydrogen-bond donors (Lipinski definition) is 0. The van der Waals surface area contributed by atoms with Gasteiger partial charge in [0.1, 0.15) is 12.4 Å². The molecule has 0 amide bonds. The van der Waals surface area contributed by atoms with E-state index in [0.29, 0.717) is 11.6 Å². The molecule has 0 aromatic heterocycles. The number of benzene rings is 2. The molecule has 0 aliphatic rings. The average Bonchev–Trinajstić information content (AvgIpc) is 2.50. The Kier molecular flexibility index (Phi) is 5.84. The molecule has 0 saturated carbocycles. The predicted molar refractivity (Wildman–Crippen MR) is 87.3 cm³/mol. The molecule has 0 saturated heterocycles. The summed E-state index contributed by atoms with van der Waals surface area (Å²) >= 11 is 6.31. The average molecular weight is 319 g/mol. The number of halogens is 1. The smallest absolute Gasteiger partial charge is 0.302 e. The Balaban J connectivity index is 2.04. The van der Waals surface area contributed by atoms with E-state index in [0.717, 1.165) is 28.9 Å². The van der Waals surface area contributed by atoms with Crippen molar-refractivity contribution in [2.45, 2.75) is 26.9 Å². The quantitative estimate of drug-likeness (QED) is 0.741. The van der Waals surface area contributed by atoms with Crippen molar-refractivity contribution in [3.05, 3.63) is 64.2 Å². The standard InChI is InChI=1S/C18H19ClO3/c1-3-21-17-8-5-14(6-9-17)10-16-7-4-15(11-18(16)19)12-22-13(2)20/h4-9,11H,3,10,12H2,1-2H3. The number of rotatable bonds is 6. The Morgan fingerprint density at radius 1 is 1.09 bits per heavy atom. The molecule has 0 atom stereocenters. The Bertz CT molecular complexity index is 635. The number of hydrogen-bond acceptors (Lipinski definition) is 3. The number of esters is 1. The van der Waals surface area contributed by atoms with Gasteiger partial charge in [0.15, 0.2) is 0 Å². The van der Waals surface area contributed by atoms with Gasteiger partial charge in [-0.2, -0.15) is 0 Å². The van der Waals surface area contributed by atoms with Crippen LogP contribution in [0.25, 0.3) is 0 Å². The zero-order chi connectivity index (χ0) is 15.9. The first-order valence-electron chi connectivity index (χ1n) is 7.21. The fourth-order valence-electron chi connectivity index (χ4n) is 2.10. The molecule has 0 N–H and O–H groups in total. The van der Waals surface area contributed by atoms with Gasteiger partial charge in [0.05, 0.1) is 6.61 Å². The largest absolute Gasteiger partial charge is 0.494 e. The molecule has 2 rings (SSSR count). The minimum Gasteiger partial charge on any atom is -0.494 e. The highest BCUT2D eigenvalue weighted by Gasteiger charge is 2.05. The Hall–Kier alpha value is -2.00. The maximum absolute atomic E-state index is 10.8. The molecular formula is C18H19ClO3. The van der Waals surface area contributed by atoms with Crippen molar-refractivity contribution in [2.24, 2.45) is 0 Å². The van der Waals surface area contributed by atoms with Crippen molar-refractivity contribution in [1.82, 2.24) is 0 Å². The summed E-state index contributed by atoms with van der Waals surface area (Å²) < 4.78 is 10.4. The van der Waals surface area contributed by atoms with Crippen molar-refractivity contribution in [3.8, 4) is 5.75 Å². The molecule has 2 aromatic rings. The minimum atomic E-state index is -0.297. The van der Waals surface area contributed by atoms with Crippen LogP contribution in [0.15, 0.2) is 42.5 Å². The predicted octanol–water partition coefficient (Wildman–Crippen LogP) is 4.39. The van der Waals surface area contributed by atoms with Gasteiger partial charge in [0.25, 0.3) is 0 Å². The molecule has 0 spiro atoms. The van der Waals surface area contributed by atoms with Crippen LogP contribution in [-0.4, -0.2) is 12.6 Å². The molecule has 0 unspecified atom stereocenters. The second-order valence-electron chi connectivity index (χ2n) is 4.96. The van der Waals surface area contributed by atoms with E-state index in [1.165, 1.54) is 6.92 Å². The van der Waals surface area contributed by atoms with Gasteiger partial charge in [0, 0.05) is 11.9 Å². The van der Waals surface area contributed by atoms with E-state index in [4.69, 9.17) is 21.1 Å². The molecule has 22 heavy (non-hydrogen) atoms. The van der Waals surface area contributed by atoms with Gasteiger partial charge in [-0.3, -0.25) is 4.79 Å². The van der Waals surface area contributed by atoms with E-state index in [2.05, 4.69) is 0 Å². The maximum Gasteiger partial charge on any atom is 0.302 e. The second-order valence-corrected chi connectivity index (χ2v) is 5.37. The van der Waals surface area contributed by atoms with E-state index < -0.39 is 0 Å². The normalized spacial score (nSPS) is 10.3. The molecule has 116 valence electrons. The number of carbonyl (C=O) groups excluding carboxylic acids is 1. The molecule has 0 radical (unpaired) electrons. The summed E-state index contributed by atoms with van der Waals surface area (Å²) in [4.78, 5) is 10.8. The Morgan fingerprint density at radius 2 is 1.77 bits per heavy atom. The monoisotopic (exact) mass is 318 g/mol. The lowest BCUT2D eigenvalue weighted by Gasteiger charge is -2.09. The Morgan fingerprint density at radius 3 is 2.36 bits per heavy atom. The van der Waals surface area contributed by atoms with E-state index in [-0.39, 0.29) is 12.6 Å². The maximum atomic E-state index is 10.8. The highest BCUT2D eigenvalue weighted by Crippen LogP contribution is 2.22. The van der Waals surface area contributed by atoms with Crippen molar-refractivity contribution >= 4 is 17.6 Å². The third-order valence-electron chi connectivity index (χ3n) is 3.19. The van der Waals surface area contributed by atoms with Crippen LogP contribution in [0.1, 0.15) is 30.5 Å². The van der Waals surface area contributed by atoms with E-state index >= 15 is 0 Å². The van der Waals surface area contributed by atoms with Gasteiger partial charge in [-0.25, -0.2) is 0 Å². The van der Waals surface area contributed by atoms with Gasteiger partial charge >= 0.3 is 5.97 Å². The summed E-state index contributed by atoms with van der Waals surface area (Å²) in [7, 11) is 0. The van der Waals surface area contributed by atoms with Gasteiger partial charge in [0.2, 0.25) is 0 Å². The topological polar surface area (TPSA) is 35.5 Å². The molecule has 0 aliphatic carbocycles.